The molecule has 5 rings (SSSR count). The van der Waals surface area contributed by atoms with E-state index in [0.717, 1.165) is 24.7 Å². The minimum atomic E-state index is 0.358. The molecule has 0 aliphatic rings. The van der Waals surface area contributed by atoms with Crippen molar-refractivity contribution in [3.05, 3.63) is 109 Å². The molecule has 0 saturated heterocycles. The average Bonchev–Trinajstić information content (AvgIpc) is 3.15. The van der Waals surface area contributed by atoms with Crippen molar-refractivity contribution in [2.45, 2.75) is 6.42 Å². The molecule has 0 saturated carbocycles. The van der Waals surface area contributed by atoms with Crippen LogP contribution in [-0.2, 0) is 6.42 Å². The van der Waals surface area contributed by atoms with E-state index in [1.54, 1.807) is 0 Å². The third kappa shape index (κ3) is 4.25. The third-order valence-corrected chi connectivity index (χ3v) is 8.22. The molecular weight excluding hydrogens is 626 g/mol. The first-order valence-corrected chi connectivity index (χ1v) is 12.9. The van der Waals surface area contributed by atoms with Crippen LogP contribution in [-0.4, -0.2) is 5.11 Å². The Morgan fingerprint density at radius 2 is 1.29 bits per heavy atom. The van der Waals surface area contributed by atoms with Gasteiger partial charge in [-0.15, -0.1) is 11.3 Å². The molecule has 1 nitrogen and oxygen atoms in total. The van der Waals surface area contributed by atoms with Crippen molar-refractivity contribution < 1.29 is 5.11 Å². The Hall–Kier alpha value is -1.90. The molecule has 31 heavy (non-hydrogen) atoms. The number of thiophene rings is 1. The van der Waals surface area contributed by atoms with Gasteiger partial charge in [0.15, 0.2) is 0 Å². The van der Waals surface area contributed by atoms with Crippen LogP contribution in [0.2, 0.25) is 0 Å². The SMILES string of the molecule is Oc1c(I)cc(-c2ccc(-c3c(Cc4ccccc4)sc4ccccc34)cc2)cc1I. The summed E-state index contributed by atoms with van der Waals surface area (Å²) in [6, 6.07) is 32.3. The number of hydrogen-bond donors (Lipinski definition) is 1. The summed E-state index contributed by atoms with van der Waals surface area (Å²) in [4.78, 5) is 1.40. The largest absolute Gasteiger partial charge is 0.506 e. The number of phenolic OH excluding ortho intramolecular Hbond substituents is 1. The van der Waals surface area contributed by atoms with Crippen LogP contribution in [0.3, 0.4) is 0 Å². The van der Waals surface area contributed by atoms with E-state index in [4.69, 9.17) is 0 Å². The van der Waals surface area contributed by atoms with Gasteiger partial charge in [-0.3, -0.25) is 0 Å². The molecule has 0 amide bonds. The first-order chi connectivity index (χ1) is 15.1. The molecule has 0 spiro atoms. The highest BCUT2D eigenvalue weighted by Gasteiger charge is 2.15. The highest BCUT2D eigenvalue weighted by atomic mass is 127. The predicted molar refractivity (Wildman–Crippen MR) is 149 cm³/mol. The maximum atomic E-state index is 10.1. The second-order valence-corrected chi connectivity index (χ2v) is 10.9. The quantitative estimate of drug-likeness (QED) is 0.194. The minimum absolute atomic E-state index is 0.358. The summed E-state index contributed by atoms with van der Waals surface area (Å²) in [6.45, 7) is 0. The number of hydrogen-bond acceptors (Lipinski definition) is 2. The van der Waals surface area contributed by atoms with Crippen molar-refractivity contribution in [1.82, 2.24) is 0 Å². The summed E-state index contributed by atoms with van der Waals surface area (Å²) in [7, 11) is 0. The van der Waals surface area contributed by atoms with E-state index in [9.17, 15) is 5.11 Å². The molecule has 4 aromatic carbocycles. The predicted octanol–water partition coefficient (Wildman–Crippen LogP) is 8.74. The molecule has 1 heterocycles. The summed E-state index contributed by atoms with van der Waals surface area (Å²) in [5.41, 5.74) is 6.20. The Morgan fingerprint density at radius 3 is 2.00 bits per heavy atom. The van der Waals surface area contributed by atoms with Gasteiger partial charge in [-0.1, -0.05) is 72.8 Å². The lowest BCUT2D eigenvalue weighted by atomic mass is 9.96. The first kappa shape index (κ1) is 21.0. The van der Waals surface area contributed by atoms with Gasteiger partial charge in [-0.2, -0.15) is 0 Å². The van der Waals surface area contributed by atoms with Gasteiger partial charge in [-0.25, -0.2) is 0 Å². The van der Waals surface area contributed by atoms with Crippen LogP contribution in [0.1, 0.15) is 10.4 Å². The van der Waals surface area contributed by atoms with Gasteiger partial charge in [0.1, 0.15) is 5.75 Å². The highest BCUT2D eigenvalue weighted by Crippen LogP contribution is 2.41. The standard InChI is InChI=1S/C27H18I2OS/c28-22-15-20(16-23(29)27(22)30)18-10-12-19(13-11-18)26-21-8-4-5-9-24(21)31-25(26)14-17-6-2-1-3-7-17/h1-13,15-16,30H,14H2. The maximum absolute atomic E-state index is 10.1. The maximum Gasteiger partial charge on any atom is 0.142 e. The minimum Gasteiger partial charge on any atom is -0.506 e. The lowest BCUT2D eigenvalue weighted by Gasteiger charge is -2.09. The highest BCUT2D eigenvalue weighted by molar-refractivity contribution is 14.1. The fourth-order valence-corrected chi connectivity index (χ4v) is 6.91. The molecule has 0 atom stereocenters. The van der Waals surface area contributed by atoms with Gasteiger partial charge in [0.05, 0.1) is 7.14 Å². The molecule has 0 radical (unpaired) electrons. The summed E-state index contributed by atoms with van der Waals surface area (Å²) >= 11 is 6.27. The second-order valence-electron chi connectivity index (χ2n) is 7.42. The van der Waals surface area contributed by atoms with Gasteiger partial charge < -0.3 is 5.11 Å². The first-order valence-electron chi connectivity index (χ1n) is 9.93. The normalized spacial score (nSPS) is 11.2. The lowest BCUT2D eigenvalue weighted by molar-refractivity contribution is 0.468. The number of fused-ring (bicyclic) bond motifs is 1. The zero-order chi connectivity index (χ0) is 21.4. The van der Waals surface area contributed by atoms with Crippen molar-refractivity contribution in [3.8, 4) is 28.0 Å². The van der Waals surface area contributed by atoms with Crippen LogP contribution < -0.4 is 0 Å². The van der Waals surface area contributed by atoms with Gasteiger partial charge >= 0.3 is 0 Å². The molecule has 0 aliphatic carbocycles. The van der Waals surface area contributed by atoms with Gasteiger partial charge in [0.25, 0.3) is 0 Å². The van der Waals surface area contributed by atoms with Crippen LogP contribution in [0.5, 0.6) is 5.75 Å². The number of rotatable bonds is 4. The number of halogens is 2. The van der Waals surface area contributed by atoms with Gasteiger partial charge in [-0.05, 0) is 85.6 Å². The Morgan fingerprint density at radius 1 is 0.677 bits per heavy atom. The Balaban J connectivity index is 1.58. The molecular formula is C27H18I2OS. The van der Waals surface area contributed by atoms with E-state index in [1.165, 1.54) is 31.7 Å². The number of phenols is 1. The smallest absolute Gasteiger partial charge is 0.142 e. The van der Waals surface area contributed by atoms with E-state index < -0.39 is 0 Å². The average molecular weight is 644 g/mol. The molecule has 5 aromatic rings. The van der Waals surface area contributed by atoms with Crippen molar-refractivity contribution >= 4 is 66.6 Å². The van der Waals surface area contributed by atoms with Crippen molar-refractivity contribution in [3.63, 3.8) is 0 Å². The van der Waals surface area contributed by atoms with Crippen molar-refractivity contribution in [2.24, 2.45) is 0 Å². The van der Waals surface area contributed by atoms with Crippen LogP contribution in [0.4, 0.5) is 0 Å². The third-order valence-electron chi connectivity index (χ3n) is 5.40. The zero-order valence-electron chi connectivity index (χ0n) is 16.5. The summed E-state index contributed by atoms with van der Waals surface area (Å²) in [5, 5.41) is 11.4. The monoisotopic (exact) mass is 644 g/mol. The zero-order valence-corrected chi connectivity index (χ0v) is 21.6. The fraction of sp³-hybridized carbons (Fsp3) is 0.0370. The van der Waals surface area contributed by atoms with Gasteiger partial charge in [0, 0.05) is 26.9 Å². The van der Waals surface area contributed by atoms with Crippen LogP contribution in [0.25, 0.3) is 32.3 Å². The molecule has 0 aliphatic heterocycles. The number of aromatic hydroxyl groups is 1. The lowest BCUT2D eigenvalue weighted by Crippen LogP contribution is -1.88. The molecule has 0 bridgehead atoms. The molecule has 0 unspecified atom stereocenters. The Bertz CT molecular complexity index is 1350. The van der Waals surface area contributed by atoms with E-state index in [1.807, 2.05) is 23.5 Å². The van der Waals surface area contributed by atoms with Crippen LogP contribution in [0, 0.1) is 7.14 Å². The second kappa shape index (κ2) is 8.92. The van der Waals surface area contributed by atoms with Crippen LogP contribution in [0.15, 0.2) is 91.0 Å². The van der Waals surface area contributed by atoms with E-state index in [0.29, 0.717) is 5.75 Å². The summed E-state index contributed by atoms with van der Waals surface area (Å²) in [6.07, 6.45) is 0.936. The van der Waals surface area contributed by atoms with Crippen molar-refractivity contribution in [2.75, 3.05) is 0 Å². The van der Waals surface area contributed by atoms with E-state index in [-0.39, 0.29) is 0 Å². The van der Waals surface area contributed by atoms with Crippen molar-refractivity contribution in [1.29, 1.82) is 0 Å². The Kier molecular flexibility index (Phi) is 6.03. The molecule has 152 valence electrons. The van der Waals surface area contributed by atoms with E-state index >= 15 is 0 Å². The Labute approximate surface area is 213 Å². The van der Waals surface area contributed by atoms with Gasteiger partial charge in [0.2, 0.25) is 0 Å². The topological polar surface area (TPSA) is 20.2 Å². The fourth-order valence-electron chi connectivity index (χ4n) is 3.88. The molecule has 1 aromatic heterocycles. The molecule has 1 N–H and O–H groups in total. The summed E-state index contributed by atoms with van der Waals surface area (Å²) < 4.78 is 3.07. The van der Waals surface area contributed by atoms with E-state index in [2.05, 4.69) is 124 Å². The number of benzene rings is 4. The van der Waals surface area contributed by atoms with Crippen LogP contribution >= 0.6 is 56.5 Å². The molecule has 4 heteroatoms. The summed E-state index contributed by atoms with van der Waals surface area (Å²) in [5.74, 6) is 0.358. The molecule has 0 fully saturated rings.